The van der Waals surface area contributed by atoms with Gasteiger partial charge in [0.05, 0.1) is 52.9 Å². The minimum absolute atomic E-state index is 0.133. The van der Waals surface area contributed by atoms with E-state index in [1.54, 1.807) is 0 Å². The van der Waals surface area contributed by atoms with Crippen LogP contribution in [-0.4, -0.2) is 76.4 Å². The standard InChI is InChI=1S/C14H29NO4/c1-14(2,3)15-4-6-16-8-10-18-12-13-19-11-9-17-7-5-15/h4-13H2,1-3H3. The number of rotatable bonds is 0. The highest BCUT2D eigenvalue weighted by atomic mass is 16.6. The summed E-state index contributed by atoms with van der Waals surface area (Å²) in [6.07, 6.45) is 0. The molecule has 0 saturated carbocycles. The van der Waals surface area contributed by atoms with Crippen LogP contribution in [0.4, 0.5) is 0 Å². The first-order valence-corrected chi connectivity index (χ1v) is 7.17. The Hall–Kier alpha value is -0.200. The fraction of sp³-hybridized carbons (Fsp3) is 1.00. The Kier molecular flexibility index (Phi) is 8.57. The molecule has 114 valence electrons. The van der Waals surface area contributed by atoms with E-state index in [1.165, 1.54) is 0 Å². The zero-order chi connectivity index (χ0) is 14.0. The maximum atomic E-state index is 5.59. The lowest BCUT2D eigenvalue weighted by molar-refractivity contribution is 0.00206. The Bertz CT molecular complexity index is 202. The number of nitrogens with zero attached hydrogens (tertiary/aromatic N) is 1. The smallest absolute Gasteiger partial charge is 0.0701 e. The Morgan fingerprint density at radius 2 is 0.895 bits per heavy atom. The van der Waals surface area contributed by atoms with Crippen LogP contribution in [0.15, 0.2) is 0 Å². The molecule has 0 aromatic heterocycles. The molecule has 1 fully saturated rings. The second-order valence-electron chi connectivity index (χ2n) is 5.61. The lowest BCUT2D eigenvalue weighted by Crippen LogP contribution is -2.45. The van der Waals surface area contributed by atoms with E-state index in [0.717, 1.165) is 26.3 Å². The van der Waals surface area contributed by atoms with Gasteiger partial charge < -0.3 is 18.9 Å². The second-order valence-corrected chi connectivity index (χ2v) is 5.61. The van der Waals surface area contributed by atoms with E-state index in [4.69, 9.17) is 18.9 Å². The molecule has 0 aromatic rings. The highest BCUT2D eigenvalue weighted by Crippen LogP contribution is 2.12. The summed E-state index contributed by atoms with van der Waals surface area (Å²) in [5, 5.41) is 0. The SMILES string of the molecule is CC(C)(C)N1CCOCCOCCOCCOCC1. The normalized spacial score (nSPS) is 23.5. The van der Waals surface area contributed by atoms with Crippen LogP contribution in [0.5, 0.6) is 0 Å². The summed E-state index contributed by atoms with van der Waals surface area (Å²) in [6, 6.07) is 0. The molecular weight excluding hydrogens is 246 g/mol. The minimum Gasteiger partial charge on any atom is -0.378 e. The van der Waals surface area contributed by atoms with Gasteiger partial charge in [-0.3, -0.25) is 4.90 Å². The van der Waals surface area contributed by atoms with Crippen molar-refractivity contribution in [3.05, 3.63) is 0 Å². The van der Waals surface area contributed by atoms with Crippen molar-refractivity contribution in [2.45, 2.75) is 26.3 Å². The Morgan fingerprint density at radius 1 is 0.579 bits per heavy atom. The summed E-state index contributed by atoms with van der Waals surface area (Å²) >= 11 is 0. The molecule has 19 heavy (non-hydrogen) atoms. The molecule has 1 rings (SSSR count). The molecular formula is C14H29NO4. The van der Waals surface area contributed by atoms with Gasteiger partial charge in [-0.25, -0.2) is 0 Å². The monoisotopic (exact) mass is 275 g/mol. The first kappa shape index (κ1) is 16.9. The van der Waals surface area contributed by atoms with Crippen molar-refractivity contribution in [2.75, 3.05) is 65.9 Å². The van der Waals surface area contributed by atoms with E-state index in [9.17, 15) is 0 Å². The van der Waals surface area contributed by atoms with Crippen molar-refractivity contribution in [3.63, 3.8) is 0 Å². The van der Waals surface area contributed by atoms with Crippen molar-refractivity contribution in [1.29, 1.82) is 0 Å². The molecule has 0 radical (unpaired) electrons. The Balaban J connectivity index is 2.34. The molecule has 1 saturated heterocycles. The molecule has 0 aliphatic carbocycles. The molecule has 0 atom stereocenters. The van der Waals surface area contributed by atoms with Gasteiger partial charge in [-0.2, -0.15) is 0 Å². The third-order valence-corrected chi connectivity index (χ3v) is 3.08. The van der Waals surface area contributed by atoms with Gasteiger partial charge in [-0.05, 0) is 20.8 Å². The summed E-state index contributed by atoms with van der Waals surface area (Å²) in [5.74, 6) is 0. The van der Waals surface area contributed by atoms with Crippen LogP contribution in [-0.2, 0) is 18.9 Å². The van der Waals surface area contributed by atoms with Crippen LogP contribution in [0.2, 0.25) is 0 Å². The topological polar surface area (TPSA) is 40.2 Å². The van der Waals surface area contributed by atoms with Crippen molar-refractivity contribution in [2.24, 2.45) is 0 Å². The number of ether oxygens (including phenoxy) is 4. The van der Waals surface area contributed by atoms with Crippen LogP contribution < -0.4 is 0 Å². The minimum atomic E-state index is 0.133. The number of hydrogen-bond acceptors (Lipinski definition) is 5. The Labute approximate surface area is 117 Å². The van der Waals surface area contributed by atoms with Crippen LogP contribution in [0.25, 0.3) is 0 Å². The molecule has 0 amide bonds. The van der Waals surface area contributed by atoms with Gasteiger partial charge in [0.2, 0.25) is 0 Å². The Morgan fingerprint density at radius 3 is 1.21 bits per heavy atom. The van der Waals surface area contributed by atoms with E-state index < -0.39 is 0 Å². The summed E-state index contributed by atoms with van der Waals surface area (Å²) in [4.78, 5) is 2.38. The van der Waals surface area contributed by atoms with E-state index in [0.29, 0.717) is 39.6 Å². The van der Waals surface area contributed by atoms with E-state index in [-0.39, 0.29) is 5.54 Å². The fourth-order valence-corrected chi connectivity index (χ4v) is 1.89. The molecule has 1 heterocycles. The molecule has 0 spiro atoms. The average Bonchev–Trinajstić information content (AvgIpc) is 2.35. The van der Waals surface area contributed by atoms with Crippen LogP contribution in [0.1, 0.15) is 20.8 Å². The van der Waals surface area contributed by atoms with Gasteiger partial charge in [0, 0.05) is 18.6 Å². The molecule has 5 nitrogen and oxygen atoms in total. The quantitative estimate of drug-likeness (QED) is 0.663. The van der Waals surface area contributed by atoms with Gasteiger partial charge in [0.25, 0.3) is 0 Å². The van der Waals surface area contributed by atoms with Crippen molar-refractivity contribution in [1.82, 2.24) is 4.90 Å². The zero-order valence-corrected chi connectivity index (χ0v) is 12.7. The molecule has 5 heteroatoms. The first-order valence-electron chi connectivity index (χ1n) is 7.17. The lowest BCUT2D eigenvalue weighted by atomic mass is 10.1. The van der Waals surface area contributed by atoms with Crippen molar-refractivity contribution >= 4 is 0 Å². The highest BCUT2D eigenvalue weighted by molar-refractivity contribution is 4.75. The van der Waals surface area contributed by atoms with Gasteiger partial charge in [0.15, 0.2) is 0 Å². The lowest BCUT2D eigenvalue weighted by Gasteiger charge is -2.35. The van der Waals surface area contributed by atoms with Gasteiger partial charge >= 0.3 is 0 Å². The predicted molar refractivity (Wildman–Crippen MR) is 74.6 cm³/mol. The highest BCUT2D eigenvalue weighted by Gasteiger charge is 2.20. The predicted octanol–water partition coefficient (Wildman–Crippen LogP) is 1.17. The molecule has 1 aliphatic heterocycles. The fourth-order valence-electron chi connectivity index (χ4n) is 1.89. The summed E-state index contributed by atoms with van der Waals surface area (Å²) in [5.41, 5.74) is 0.133. The van der Waals surface area contributed by atoms with E-state index in [2.05, 4.69) is 25.7 Å². The zero-order valence-electron chi connectivity index (χ0n) is 12.7. The summed E-state index contributed by atoms with van der Waals surface area (Å²) in [6.45, 7) is 13.8. The van der Waals surface area contributed by atoms with Crippen LogP contribution in [0, 0.1) is 0 Å². The summed E-state index contributed by atoms with van der Waals surface area (Å²) in [7, 11) is 0. The maximum Gasteiger partial charge on any atom is 0.0701 e. The number of hydrogen-bond donors (Lipinski definition) is 0. The van der Waals surface area contributed by atoms with Gasteiger partial charge in [-0.15, -0.1) is 0 Å². The molecule has 0 unspecified atom stereocenters. The van der Waals surface area contributed by atoms with Crippen molar-refractivity contribution < 1.29 is 18.9 Å². The third kappa shape index (κ3) is 8.55. The molecule has 1 aliphatic rings. The first-order chi connectivity index (χ1) is 9.11. The molecule has 0 N–H and O–H groups in total. The summed E-state index contributed by atoms with van der Waals surface area (Å²) < 4.78 is 22.0. The van der Waals surface area contributed by atoms with Gasteiger partial charge in [-0.1, -0.05) is 0 Å². The third-order valence-electron chi connectivity index (χ3n) is 3.08. The molecule has 0 aromatic carbocycles. The average molecular weight is 275 g/mol. The van der Waals surface area contributed by atoms with Gasteiger partial charge in [0.1, 0.15) is 0 Å². The van der Waals surface area contributed by atoms with Crippen LogP contribution >= 0.6 is 0 Å². The largest absolute Gasteiger partial charge is 0.378 e. The van der Waals surface area contributed by atoms with Crippen LogP contribution in [0.3, 0.4) is 0 Å². The van der Waals surface area contributed by atoms with E-state index in [1.807, 2.05) is 0 Å². The molecule has 0 bridgehead atoms. The van der Waals surface area contributed by atoms with Crippen molar-refractivity contribution in [3.8, 4) is 0 Å². The maximum absolute atomic E-state index is 5.59. The van der Waals surface area contributed by atoms with E-state index >= 15 is 0 Å². The second kappa shape index (κ2) is 9.66.